The van der Waals surface area contributed by atoms with E-state index in [1.807, 2.05) is 50.3 Å². The Kier molecular flexibility index (Phi) is 3.18. The molecule has 84 valence electrons. The molecule has 2 radical (unpaired) electrons. The summed E-state index contributed by atoms with van der Waals surface area (Å²) in [5.74, 6) is 0. The summed E-state index contributed by atoms with van der Waals surface area (Å²) in [7, 11) is 5.80. The number of rotatable bonds is 2. The van der Waals surface area contributed by atoms with Crippen LogP contribution in [0.15, 0.2) is 35.1 Å². The number of aromatic nitrogens is 1. The topological polar surface area (TPSA) is 22.0 Å². The molecule has 0 saturated heterocycles. The van der Waals surface area contributed by atoms with Crippen LogP contribution >= 0.6 is 0 Å². The highest BCUT2D eigenvalue weighted by Gasteiger charge is 2.07. The van der Waals surface area contributed by atoms with Crippen LogP contribution in [0, 0.1) is 0 Å². The lowest BCUT2D eigenvalue weighted by Gasteiger charge is -2.10. The van der Waals surface area contributed by atoms with Crippen LogP contribution in [0.2, 0.25) is 0 Å². The van der Waals surface area contributed by atoms with Gasteiger partial charge in [-0.15, -0.1) is 0 Å². The molecule has 1 aromatic carbocycles. The molecule has 2 rings (SSSR count). The second-order valence-corrected chi connectivity index (χ2v) is 3.98. The molecule has 0 N–H and O–H groups in total. The van der Waals surface area contributed by atoms with Crippen LogP contribution in [0.1, 0.15) is 25.1 Å². The van der Waals surface area contributed by atoms with Gasteiger partial charge in [-0.3, -0.25) is 4.79 Å². The van der Waals surface area contributed by atoms with Crippen LogP contribution in [0.25, 0.3) is 16.8 Å². The predicted octanol–water partition coefficient (Wildman–Crippen LogP) is 2.53. The fraction of sp³-hybridized carbons (Fsp3) is 0.214. The van der Waals surface area contributed by atoms with Gasteiger partial charge in [0.1, 0.15) is 0 Å². The first-order valence-electron chi connectivity index (χ1n) is 5.74. The monoisotopic (exact) mass is 223 g/mol. The zero-order valence-corrected chi connectivity index (χ0v) is 10.1. The SMILES string of the molecule is [B]n1c(CC)cc2cccc(/C=C/C)c2c1=O. The number of aryl methyl sites for hydroxylation is 1. The van der Waals surface area contributed by atoms with Crippen LogP contribution < -0.4 is 5.56 Å². The van der Waals surface area contributed by atoms with E-state index in [1.165, 1.54) is 4.48 Å². The van der Waals surface area contributed by atoms with Gasteiger partial charge in [0, 0.05) is 5.69 Å². The number of hydrogen-bond acceptors (Lipinski definition) is 1. The summed E-state index contributed by atoms with van der Waals surface area (Å²) in [5, 5.41) is 1.63. The van der Waals surface area contributed by atoms with E-state index in [0.29, 0.717) is 5.39 Å². The van der Waals surface area contributed by atoms with Gasteiger partial charge < -0.3 is 4.48 Å². The highest BCUT2D eigenvalue weighted by molar-refractivity contribution is 6.08. The van der Waals surface area contributed by atoms with Crippen LogP contribution in [0.5, 0.6) is 0 Å². The summed E-state index contributed by atoms with van der Waals surface area (Å²) in [6, 6.07) is 7.80. The molecule has 0 amide bonds. The molecular weight excluding hydrogens is 209 g/mol. The summed E-state index contributed by atoms with van der Waals surface area (Å²) >= 11 is 0. The standard InChI is InChI=1S/C14H14BNO/c1-3-6-10-7-5-8-11-9-12(4-2)16(15)14(17)13(10)11/h3,5-9H,4H2,1-2H3/b6-3+. The van der Waals surface area contributed by atoms with Gasteiger partial charge in [-0.05, 0) is 30.4 Å². The third-order valence-corrected chi connectivity index (χ3v) is 2.90. The average Bonchev–Trinajstić information content (AvgIpc) is 2.34. The second-order valence-electron chi connectivity index (χ2n) is 3.98. The number of pyridine rings is 1. The van der Waals surface area contributed by atoms with Gasteiger partial charge in [0.15, 0.2) is 0 Å². The number of hydrogen-bond donors (Lipinski definition) is 0. The maximum absolute atomic E-state index is 12.2. The van der Waals surface area contributed by atoms with E-state index >= 15 is 0 Å². The van der Waals surface area contributed by atoms with E-state index in [9.17, 15) is 4.79 Å². The molecule has 2 aromatic rings. The predicted molar refractivity (Wildman–Crippen MR) is 73.4 cm³/mol. The van der Waals surface area contributed by atoms with Gasteiger partial charge in [0.25, 0.3) is 0 Å². The molecule has 0 spiro atoms. The normalized spacial score (nSPS) is 11.4. The van der Waals surface area contributed by atoms with Crippen LogP contribution in [-0.4, -0.2) is 12.5 Å². The van der Waals surface area contributed by atoms with Crippen LogP contribution in [0.4, 0.5) is 0 Å². The largest absolute Gasteiger partial charge is 0.368 e. The summed E-state index contributed by atoms with van der Waals surface area (Å²) in [4.78, 5) is 12.2. The number of benzene rings is 1. The van der Waals surface area contributed by atoms with Crippen molar-refractivity contribution in [1.82, 2.24) is 4.48 Å². The van der Waals surface area contributed by atoms with Crippen LogP contribution in [0.3, 0.4) is 0 Å². The van der Waals surface area contributed by atoms with Crippen molar-refractivity contribution in [3.8, 4) is 0 Å². The lowest BCUT2D eigenvalue weighted by molar-refractivity contribution is 0.968. The lowest BCUT2D eigenvalue weighted by Crippen LogP contribution is -2.22. The van der Waals surface area contributed by atoms with Gasteiger partial charge in [0.2, 0.25) is 13.5 Å². The van der Waals surface area contributed by atoms with E-state index in [4.69, 9.17) is 7.98 Å². The van der Waals surface area contributed by atoms with Crippen molar-refractivity contribution in [2.75, 3.05) is 0 Å². The Balaban J connectivity index is 2.92. The van der Waals surface area contributed by atoms with Crippen LogP contribution in [-0.2, 0) is 6.42 Å². The molecule has 0 aliphatic rings. The molecule has 0 saturated carbocycles. The molecule has 0 aliphatic carbocycles. The Bertz CT molecular complexity index is 640. The van der Waals surface area contributed by atoms with Crippen molar-refractivity contribution in [3.63, 3.8) is 0 Å². The molecule has 3 heteroatoms. The molecule has 0 bridgehead atoms. The van der Waals surface area contributed by atoms with E-state index in [2.05, 4.69) is 0 Å². The Hall–Kier alpha value is -1.77. The quantitative estimate of drug-likeness (QED) is 0.717. The maximum Gasteiger partial charge on any atom is 0.246 e. The van der Waals surface area contributed by atoms with Gasteiger partial charge in [0.05, 0.1) is 5.39 Å². The Morgan fingerprint density at radius 3 is 2.82 bits per heavy atom. The molecule has 1 heterocycles. The summed E-state index contributed by atoms with van der Waals surface area (Å²) in [6.07, 6.45) is 4.59. The van der Waals surface area contributed by atoms with E-state index in [1.54, 1.807) is 0 Å². The molecule has 0 atom stereocenters. The average molecular weight is 223 g/mol. The first-order valence-corrected chi connectivity index (χ1v) is 5.74. The summed E-state index contributed by atoms with van der Waals surface area (Å²) < 4.78 is 1.25. The van der Waals surface area contributed by atoms with Gasteiger partial charge in [-0.2, -0.15) is 0 Å². The Labute approximate surface area is 102 Å². The second kappa shape index (κ2) is 4.62. The van der Waals surface area contributed by atoms with E-state index < -0.39 is 0 Å². The third-order valence-electron chi connectivity index (χ3n) is 2.90. The minimum absolute atomic E-state index is 0.131. The van der Waals surface area contributed by atoms with Crippen molar-refractivity contribution in [2.24, 2.45) is 0 Å². The number of fused-ring (bicyclic) bond motifs is 1. The maximum atomic E-state index is 12.2. The fourth-order valence-electron chi connectivity index (χ4n) is 2.05. The first kappa shape index (κ1) is 11.7. The third kappa shape index (κ3) is 1.93. The first-order chi connectivity index (χ1) is 8.19. The molecule has 17 heavy (non-hydrogen) atoms. The zero-order chi connectivity index (χ0) is 12.4. The summed E-state index contributed by atoms with van der Waals surface area (Å²) in [6.45, 7) is 3.92. The van der Waals surface area contributed by atoms with Gasteiger partial charge >= 0.3 is 0 Å². The molecule has 0 fully saturated rings. The van der Waals surface area contributed by atoms with Crippen molar-refractivity contribution >= 4 is 24.8 Å². The van der Waals surface area contributed by atoms with Crippen molar-refractivity contribution in [3.05, 3.63) is 52.0 Å². The number of allylic oxidation sites excluding steroid dienone is 1. The highest BCUT2D eigenvalue weighted by Crippen LogP contribution is 2.17. The van der Waals surface area contributed by atoms with Crippen molar-refractivity contribution < 1.29 is 0 Å². The molecule has 0 aliphatic heterocycles. The Morgan fingerprint density at radius 1 is 1.41 bits per heavy atom. The van der Waals surface area contributed by atoms with Crippen molar-refractivity contribution in [2.45, 2.75) is 20.3 Å². The van der Waals surface area contributed by atoms with Crippen molar-refractivity contribution in [1.29, 1.82) is 0 Å². The zero-order valence-electron chi connectivity index (χ0n) is 10.1. The van der Waals surface area contributed by atoms with E-state index in [-0.39, 0.29) is 5.56 Å². The van der Waals surface area contributed by atoms with Gasteiger partial charge in [-0.1, -0.05) is 37.3 Å². The Morgan fingerprint density at radius 2 is 2.18 bits per heavy atom. The smallest absolute Gasteiger partial charge is 0.246 e. The minimum atomic E-state index is -0.131. The van der Waals surface area contributed by atoms with E-state index in [0.717, 1.165) is 23.1 Å². The fourth-order valence-corrected chi connectivity index (χ4v) is 2.05. The molecular formula is C14H14BNO. The molecule has 1 aromatic heterocycles. The highest BCUT2D eigenvalue weighted by atomic mass is 16.1. The van der Waals surface area contributed by atoms with Gasteiger partial charge in [-0.25, -0.2) is 0 Å². The summed E-state index contributed by atoms with van der Waals surface area (Å²) in [5.41, 5.74) is 1.63. The molecule has 2 nitrogen and oxygen atoms in total. The molecule has 0 unspecified atom stereocenters. The lowest BCUT2D eigenvalue weighted by atomic mass is 10.0. The minimum Gasteiger partial charge on any atom is -0.368 e. The number of nitrogens with zero attached hydrogens (tertiary/aromatic N) is 1.